The maximum Gasteiger partial charge on any atom is 0.248 e. The molecule has 24 heavy (non-hydrogen) atoms. The molecule has 2 aromatic rings. The van der Waals surface area contributed by atoms with Crippen LogP contribution in [0.2, 0.25) is 5.02 Å². The van der Waals surface area contributed by atoms with Crippen molar-refractivity contribution in [1.29, 1.82) is 0 Å². The fraction of sp³-hybridized carbons (Fsp3) is 0.263. The summed E-state index contributed by atoms with van der Waals surface area (Å²) in [4.78, 5) is 18.7. The van der Waals surface area contributed by atoms with Crippen molar-refractivity contribution in [2.45, 2.75) is 19.3 Å². The molecule has 1 aromatic heterocycles. The molecule has 2 heterocycles. The number of carbonyl (C=O) groups excluding carboxylic acids is 1. The summed E-state index contributed by atoms with van der Waals surface area (Å²) in [5, 5.41) is 3.50. The molecule has 5 heteroatoms. The van der Waals surface area contributed by atoms with Crippen LogP contribution in [0.5, 0.6) is 0 Å². The van der Waals surface area contributed by atoms with E-state index in [0.717, 1.165) is 24.5 Å². The van der Waals surface area contributed by atoms with Gasteiger partial charge in [-0.05, 0) is 55.2 Å². The first-order valence-electron chi connectivity index (χ1n) is 8.16. The van der Waals surface area contributed by atoms with Crippen LogP contribution < -0.4 is 10.2 Å². The first-order chi connectivity index (χ1) is 11.7. The number of pyridine rings is 1. The SMILES string of the molecule is O=C(/C=C/c1ccc(Cl)cc1)Nc1ccc(N2CCCCC2)nc1. The molecule has 1 saturated heterocycles. The molecule has 1 aliphatic heterocycles. The van der Waals surface area contributed by atoms with Crippen LogP contribution in [0.1, 0.15) is 24.8 Å². The highest BCUT2D eigenvalue weighted by Crippen LogP contribution is 2.19. The molecule has 0 radical (unpaired) electrons. The van der Waals surface area contributed by atoms with Crippen LogP contribution in [0.3, 0.4) is 0 Å². The Kier molecular flexibility index (Phi) is 5.49. The van der Waals surface area contributed by atoms with Crippen molar-refractivity contribution in [2.75, 3.05) is 23.3 Å². The summed E-state index contributed by atoms with van der Waals surface area (Å²) in [5.41, 5.74) is 1.62. The Hall–Kier alpha value is -2.33. The Labute approximate surface area is 147 Å². The minimum atomic E-state index is -0.183. The second-order valence-corrected chi connectivity index (χ2v) is 6.26. The van der Waals surface area contributed by atoms with E-state index in [4.69, 9.17) is 11.6 Å². The van der Waals surface area contributed by atoms with Crippen molar-refractivity contribution in [3.05, 3.63) is 59.3 Å². The van der Waals surface area contributed by atoms with Crippen LogP contribution >= 0.6 is 11.6 Å². The highest BCUT2D eigenvalue weighted by molar-refractivity contribution is 6.30. The number of nitrogens with zero attached hydrogens (tertiary/aromatic N) is 2. The van der Waals surface area contributed by atoms with Crippen molar-refractivity contribution >= 4 is 35.1 Å². The molecule has 0 bridgehead atoms. The summed E-state index contributed by atoms with van der Waals surface area (Å²) < 4.78 is 0. The van der Waals surface area contributed by atoms with E-state index in [1.54, 1.807) is 24.4 Å². The lowest BCUT2D eigenvalue weighted by atomic mass is 10.1. The molecule has 4 nitrogen and oxygen atoms in total. The maximum atomic E-state index is 12.0. The van der Waals surface area contributed by atoms with Gasteiger partial charge in [-0.15, -0.1) is 0 Å². The van der Waals surface area contributed by atoms with E-state index >= 15 is 0 Å². The molecule has 1 fully saturated rings. The van der Waals surface area contributed by atoms with E-state index in [0.29, 0.717) is 10.7 Å². The quantitative estimate of drug-likeness (QED) is 0.839. The van der Waals surface area contributed by atoms with Gasteiger partial charge in [-0.25, -0.2) is 4.98 Å². The molecule has 0 saturated carbocycles. The van der Waals surface area contributed by atoms with E-state index < -0.39 is 0 Å². The molecular formula is C19H20ClN3O. The summed E-state index contributed by atoms with van der Waals surface area (Å²) in [6.45, 7) is 2.12. The van der Waals surface area contributed by atoms with Gasteiger partial charge in [-0.3, -0.25) is 4.79 Å². The Balaban J connectivity index is 1.57. The van der Waals surface area contributed by atoms with Crippen molar-refractivity contribution in [3.63, 3.8) is 0 Å². The zero-order valence-corrected chi connectivity index (χ0v) is 14.2. The zero-order valence-electron chi connectivity index (χ0n) is 13.4. The van der Waals surface area contributed by atoms with Crippen LogP contribution in [-0.2, 0) is 4.79 Å². The number of aromatic nitrogens is 1. The van der Waals surface area contributed by atoms with Gasteiger partial charge in [0.25, 0.3) is 0 Å². The molecule has 0 spiro atoms. The van der Waals surface area contributed by atoms with Crippen LogP contribution in [0.15, 0.2) is 48.7 Å². The summed E-state index contributed by atoms with van der Waals surface area (Å²) in [6, 6.07) is 11.2. The smallest absolute Gasteiger partial charge is 0.248 e. The number of hydrogen-bond donors (Lipinski definition) is 1. The third kappa shape index (κ3) is 4.59. The summed E-state index contributed by atoms with van der Waals surface area (Å²) in [5.74, 6) is 0.793. The molecule has 0 unspecified atom stereocenters. The number of halogens is 1. The van der Waals surface area contributed by atoms with E-state index in [9.17, 15) is 4.79 Å². The number of benzene rings is 1. The molecule has 1 aromatic carbocycles. The largest absolute Gasteiger partial charge is 0.357 e. The molecule has 1 aliphatic rings. The second-order valence-electron chi connectivity index (χ2n) is 5.83. The molecule has 124 valence electrons. The number of rotatable bonds is 4. The average molecular weight is 342 g/mol. The molecule has 0 atom stereocenters. The predicted octanol–water partition coefficient (Wildman–Crippen LogP) is 4.38. The van der Waals surface area contributed by atoms with Crippen LogP contribution in [0.4, 0.5) is 11.5 Å². The molecule has 0 aliphatic carbocycles. The van der Waals surface area contributed by atoms with Gasteiger partial charge in [0.15, 0.2) is 0 Å². The number of amides is 1. The summed E-state index contributed by atoms with van der Waals surface area (Å²) in [7, 11) is 0. The van der Waals surface area contributed by atoms with Crippen molar-refractivity contribution in [1.82, 2.24) is 4.98 Å². The number of carbonyl (C=O) groups is 1. The third-order valence-corrected chi connectivity index (χ3v) is 4.24. The first kappa shape index (κ1) is 16.5. The normalized spacial score (nSPS) is 14.8. The van der Waals surface area contributed by atoms with E-state index in [1.165, 1.54) is 25.3 Å². The van der Waals surface area contributed by atoms with Gasteiger partial charge in [0.05, 0.1) is 11.9 Å². The fourth-order valence-electron chi connectivity index (χ4n) is 2.70. The van der Waals surface area contributed by atoms with Gasteiger partial charge in [0.2, 0.25) is 5.91 Å². The summed E-state index contributed by atoms with van der Waals surface area (Å²) >= 11 is 5.84. The molecule has 1 N–H and O–H groups in total. The fourth-order valence-corrected chi connectivity index (χ4v) is 2.83. The minimum absolute atomic E-state index is 0.183. The lowest BCUT2D eigenvalue weighted by Gasteiger charge is -2.27. The van der Waals surface area contributed by atoms with Crippen LogP contribution in [-0.4, -0.2) is 24.0 Å². The average Bonchev–Trinajstić information content (AvgIpc) is 2.63. The summed E-state index contributed by atoms with van der Waals surface area (Å²) in [6.07, 6.45) is 8.69. The molecular weight excluding hydrogens is 322 g/mol. The van der Waals surface area contributed by atoms with Gasteiger partial charge in [0, 0.05) is 24.2 Å². The topological polar surface area (TPSA) is 45.2 Å². The standard InChI is InChI=1S/C19H20ClN3O/c20-16-7-4-15(5-8-16)6-11-19(24)22-17-9-10-18(21-14-17)23-12-2-1-3-13-23/h4-11,14H,1-3,12-13H2,(H,22,24)/b11-6+. The van der Waals surface area contributed by atoms with Gasteiger partial charge >= 0.3 is 0 Å². The zero-order chi connectivity index (χ0) is 16.8. The Morgan fingerprint density at radius 1 is 1.08 bits per heavy atom. The van der Waals surface area contributed by atoms with Gasteiger partial charge in [-0.2, -0.15) is 0 Å². The van der Waals surface area contributed by atoms with E-state index in [2.05, 4.69) is 15.2 Å². The maximum absolute atomic E-state index is 12.0. The first-order valence-corrected chi connectivity index (χ1v) is 8.54. The Morgan fingerprint density at radius 2 is 1.83 bits per heavy atom. The molecule has 1 amide bonds. The number of hydrogen-bond acceptors (Lipinski definition) is 3. The van der Waals surface area contributed by atoms with Crippen molar-refractivity contribution in [2.24, 2.45) is 0 Å². The highest BCUT2D eigenvalue weighted by Gasteiger charge is 2.11. The van der Waals surface area contributed by atoms with E-state index in [-0.39, 0.29) is 5.91 Å². The van der Waals surface area contributed by atoms with E-state index in [1.807, 2.05) is 24.3 Å². The van der Waals surface area contributed by atoms with Crippen LogP contribution in [0.25, 0.3) is 6.08 Å². The van der Waals surface area contributed by atoms with Gasteiger partial charge in [0.1, 0.15) is 5.82 Å². The van der Waals surface area contributed by atoms with Crippen molar-refractivity contribution in [3.8, 4) is 0 Å². The number of anilines is 2. The number of nitrogens with one attached hydrogen (secondary N) is 1. The Morgan fingerprint density at radius 3 is 2.50 bits per heavy atom. The molecule has 3 rings (SSSR count). The third-order valence-electron chi connectivity index (χ3n) is 3.99. The van der Waals surface area contributed by atoms with Crippen LogP contribution in [0, 0.1) is 0 Å². The lowest BCUT2D eigenvalue weighted by Crippen LogP contribution is -2.30. The van der Waals surface area contributed by atoms with Gasteiger partial charge in [-0.1, -0.05) is 23.7 Å². The van der Waals surface area contributed by atoms with Gasteiger partial charge < -0.3 is 10.2 Å². The monoisotopic (exact) mass is 341 g/mol. The Bertz CT molecular complexity index is 704. The predicted molar refractivity (Wildman–Crippen MR) is 99.4 cm³/mol. The second kappa shape index (κ2) is 7.97. The minimum Gasteiger partial charge on any atom is -0.357 e. The lowest BCUT2D eigenvalue weighted by molar-refractivity contribution is -0.111. The number of piperidine rings is 1. The highest BCUT2D eigenvalue weighted by atomic mass is 35.5. The van der Waals surface area contributed by atoms with Crippen molar-refractivity contribution < 1.29 is 4.79 Å².